The van der Waals surface area contributed by atoms with E-state index in [0.717, 1.165) is 6.42 Å². The van der Waals surface area contributed by atoms with Crippen molar-refractivity contribution in [1.29, 1.82) is 0 Å². The van der Waals surface area contributed by atoms with E-state index < -0.39 is 0 Å². The van der Waals surface area contributed by atoms with Gasteiger partial charge in [-0.25, -0.2) is 0 Å². The van der Waals surface area contributed by atoms with Crippen molar-refractivity contribution >= 4 is 6.08 Å². The third kappa shape index (κ3) is 1.28. The largest absolute Gasteiger partial charge is 0.310 e. The number of rotatable bonds is 1. The van der Waals surface area contributed by atoms with Gasteiger partial charge in [0.05, 0.1) is 0 Å². The van der Waals surface area contributed by atoms with Gasteiger partial charge >= 0.3 is 0 Å². The van der Waals surface area contributed by atoms with Crippen LogP contribution >= 0.6 is 0 Å². The zero-order valence-electron chi connectivity index (χ0n) is 8.29. The third-order valence-corrected chi connectivity index (χ3v) is 3.27. The highest BCUT2D eigenvalue weighted by Gasteiger charge is 2.17. The molecular weight excluding hydrogens is 170 g/mol. The van der Waals surface area contributed by atoms with Crippen molar-refractivity contribution in [2.24, 2.45) is 0 Å². The first-order valence-corrected chi connectivity index (χ1v) is 5.46. The molecule has 0 bridgehead atoms. The predicted molar refractivity (Wildman–Crippen MR) is 59.2 cm³/mol. The van der Waals surface area contributed by atoms with Gasteiger partial charge in [-0.05, 0) is 48.6 Å². The van der Waals surface area contributed by atoms with E-state index in [2.05, 4.69) is 35.7 Å². The molecule has 1 heterocycles. The topological polar surface area (TPSA) is 12.0 Å². The van der Waals surface area contributed by atoms with Crippen LogP contribution in [-0.4, -0.2) is 6.54 Å². The number of hydrogen-bond donors (Lipinski definition) is 1. The minimum Gasteiger partial charge on any atom is -0.310 e. The molecule has 0 radical (unpaired) electrons. The average molecular weight is 185 g/mol. The zero-order valence-corrected chi connectivity index (χ0v) is 8.29. The van der Waals surface area contributed by atoms with Gasteiger partial charge in [-0.1, -0.05) is 24.3 Å². The monoisotopic (exact) mass is 185 g/mol. The molecule has 1 fully saturated rings. The van der Waals surface area contributed by atoms with Gasteiger partial charge in [0.25, 0.3) is 0 Å². The molecule has 0 amide bonds. The second-order valence-electron chi connectivity index (χ2n) is 4.21. The molecule has 1 nitrogen and oxygen atoms in total. The molecule has 0 spiro atoms. The Morgan fingerprint density at radius 2 is 2.29 bits per heavy atom. The van der Waals surface area contributed by atoms with E-state index in [9.17, 15) is 0 Å². The Kier molecular flexibility index (Phi) is 1.91. The lowest BCUT2D eigenvalue weighted by molar-refractivity contribution is 0.647. The zero-order chi connectivity index (χ0) is 9.38. The second-order valence-corrected chi connectivity index (χ2v) is 4.21. The molecule has 0 aromatic heterocycles. The normalized spacial score (nSPS) is 24.1. The van der Waals surface area contributed by atoms with Crippen molar-refractivity contribution in [2.45, 2.75) is 25.3 Å². The van der Waals surface area contributed by atoms with Gasteiger partial charge in [0.1, 0.15) is 0 Å². The van der Waals surface area contributed by atoms with E-state index in [1.807, 2.05) is 0 Å². The summed E-state index contributed by atoms with van der Waals surface area (Å²) in [6.45, 7) is 1.18. The summed E-state index contributed by atoms with van der Waals surface area (Å²) in [5, 5.41) is 3.54. The standard InChI is InChI=1S/C13H15N/c1-3-10-6-7-12(9-11(10)4-1)13-5-2-8-14-13/h1,4,6-7,9,13-14H,2-3,5,8H2. The summed E-state index contributed by atoms with van der Waals surface area (Å²) < 4.78 is 0. The molecule has 1 unspecified atom stereocenters. The van der Waals surface area contributed by atoms with Gasteiger partial charge in [-0.2, -0.15) is 0 Å². The van der Waals surface area contributed by atoms with Crippen LogP contribution in [-0.2, 0) is 6.42 Å². The van der Waals surface area contributed by atoms with E-state index in [4.69, 9.17) is 0 Å². The summed E-state index contributed by atoms with van der Waals surface area (Å²) in [6, 6.07) is 7.52. The fourth-order valence-electron chi connectivity index (χ4n) is 2.45. The smallest absolute Gasteiger partial charge is 0.0320 e. The first-order chi connectivity index (χ1) is 6.93. The molecule has 1 saturated heterocycles. The minimum atomic E-state index is 0.606. The Morgan fingerprint density at radius 1 is 1.29 bits per heavy atom. The number of nitrogens with one attached hydrogen (secondary N) is 1. The molecule has 1 atom stereocenters. The maximum absolute atomic E-state index is 3.54. The Hall–Kier alpha value is -1.08. The highest BCUT2D eigenvalue weighted by atomic mass is 14.9. The average Bonchev–Trinajstić information content (AvgIpc) is 2.88. The molecule has 1 N–H and O–H groups in total. The quantitative estimate of drug-likeness (QED) is 0.709. The first kappa shape index (κ1) is 8.25. The minimum absolute atomic E-state index is 0.606. The number of hydrogen-bond acceptors (Lipinski definition) is 1. The molecule has 1 aliphatic heterocycles. The van der Waals surface area contributed by atoms with E-state index in [1.54, 1.807) is 0 Å². The lowest BCUT2D eigenvalue weighted by Gasteiger charge is -2.11. The van der Waals surface area contributed by atoms with Crippen LogP contribution in [0.4, 0.5) is 0 Å². The SMILES string of the molecule is C1=Cc2cc(C3CCCN3)ccc2C1. The van der Waals surface area contributed by atoms with Crippen LogP contribution in [0.5, 0.6) is 0 Å². The highest BCUT2D eigenvalue weighted by molar-refractivity contribution is 5.60. The molecule has 1 aromatic rings. The van der Waals surface area contributed by atoms with Crippen LogP contribution in [0.15, 0.2) is 24.3 Å². The van der Waals surface area contributed by atoms with Crippen molar-refractivity contribution < 1.29 is 0 Å². The molecular formula is C13H15N. The van der Waals surface area contributed by atoms with Crippen molar-refractivity contribution in [2.75, 3.05) is 6.54 Å². The van der Waals surface area contributed by atoms with Gasteiger partial charge in [-0.15, -0.1) is 0 Å². The summed E-state index contributed by atoms with van der Waals surface area (Å²) in [5.74, 6) is 0. The van der Waals surface area contributed by atoms with Crippen LogP contribution in [0.25, 0.3) is 6.08 Å². The Morgan fingerprint density at radius 3 is 3.14 bits per heavy atom. The van der Waals surface area contributed by atoms with Gasteiger partial charge in [0.15, 0.2) is 0 Å². The molecule has 0 saturated carbocycles. The van der Waals surface area contributed by atoms with Crippen LogP contribution in [0.2, 0.25) is 0 Å². The highest BCUT2D eigenvalue weighted by Crippen LogP contribution is 2.27. The van der Waals surface area contributed by atoms with E-state index >= 15 is 0 Å². The molecule has 1 aromatic carbocycles. The van der Waals surface area contributed by atoms with Crippen LogP contribution < -0.4 is 5.32 Å². The predicted octanol–water partition coefficient (Wildman–Crippen LogP) is 2.68. The van der Waals surface area contributed by atoms with E-state index in [1.165, 1.54) is 36.1 Å². The molecule has 14 heavy (non-hydrogen) atoms. The summed E-state index contributed by atoms with van der Waals surface area (Å²) in [4.78, 5) is 0. The Bertz CT molecular complexity index is 373. The first-order valence-electron chi connectivity index (χ1n) is 5.46. The summed E-state index contributed by atoms with van der Waals surface area (Å²) in [7, 11) is 0. The number of fused-ring (bicyclic) bond motifs is 1. The van der Waals surface area contributed by atoms with Crippen molar-refractivity contribution in [1.82, 2.24) is 5.32 Å². The van der Waals surface area contributed by atoms with Crippen molar-refractivity contribution in [3.8, 4) is 0 Å². The lowest BCUT2D eigenvalue weighted by Crippen LogP contribution is -2.12. The van der Waals surface area contributed by atoms with Crippen molar-refractivity contribution in [3.63, 3.8) is 0 Å². The number of allylic oxidation sites excluding steroid dienone is 1. The van der Waals surface area contributed by atoms with Gasteiger partial charge in [-0.3, -0.25) is 0 Å². The molecule has 72 valence electrons. The second kappa shape index (κ2) is 3.25. The van der Waals surface area contributed by atoms with Crippen LogP contribution in [0.1, 0.15) is 35.6 Å². The summed E-state index contributed by atoms with van der Waals surface area (Å²) >= 11 is 0. The van der Waals surface area contributed by atoms with Gasteiger partial charge in [0.2, 0.25) is 0 Å². The summed E-state index contributed by atoms with van der Waals surface area (Å²) in [5.41, 5.74) is 4.37. The Labute approximate surface area is 84.8 Å². The Balaban J connectivity index is 1.95. The maximum Gasteiger partial charge on any atom is 0.0320 e. The third-order valence-electron chi connectivity index (χ3n) is 3.27. The molecule has 1 aliphatic carbocycles. The van der Waals surface area contributed by atoms with Crippen LogP contribution in [0.3, 0.4) is 0 Å². The van der Waals surface area contributed by atoms with Gasteiger partial charge < -0.3 is 5.32 Å². The molecule has 3 rings (SSSR count). The lowest BCUT2D eigenvalue weighted by atomic mass is 10.0. The molecule has 2 aliphatic rings. The fraction of sp³-hybridized carbons (Fsp3) is 0.385. The molecule has 1 heteroatoms. The van der Waals surface area contributed by atoms with Crippen molar-refractivity contribution in [3.05, 3.63) is 41.0 Å². The summed E-state index contributed by atoms with van der Waals surface area (Å²) in [6.07, 6.45) is 8.22. The maximum atomic E-state index is 3.54. The number of benzene rings is 1. The fourth-order valence-corrected chi connectivity index (χ4v) is 2.45. The van der Waals surface area contributed by atoms with E-state index in [0.29, 0.717) is 6.04 Å². The van der Waals surface area contributed by atoms with Gasteiger partial charge in [0, 0.05) is 6.04 Å². The van der Waals surface area contributed by atoms with E-state index in [-0.39, 0.29) is 0 Å². The van der Waals surface area contributed by atoms with Crippen LogP contribution in [0, 0.1) is 0 Å².